The molecule has 0 bridgehead atoms. The molecule has 2 aromatic rings. The molecular formula is C16H14Cl3FN2O4S. The number of rotatable bonds is 6. The maximum atomic E-state index is 13.5. The Labute approximate surface area is 170 Å². The van der Waals surface area contributed by atoms with Gasteiger partial charge in [0.2, 0.25) is 15.9 Å². The molecule has 0 radical (unpaired) electrons. The van der Waals surface area contributed by atoms with Crippen LogP contribution in [0.25, 0.3) is 0 Å². The van der Waals surface area contributed by atoms with Crippen molar-refractivity contribution in [2.45, 2.75) is 4.90 Å². The lowest BCUT2D eigenvalue weighted by Crippen LogP contribution is -2.35. The first-order chi connectivity index (χ1) is 12.6. The Hall–Kier alpha value is -1.58. The third-order valence-corrected chi connectivity index (χ3v) is 6.32. The monoisotopic (exact) mass is 454 g/mol. The number of anilines is 1. The van der Waals surface area contributed by atoms with E-state index in [1.165, 1.54) is 32.4 Å². The van der Waals surface area contributed by atoms with Gasteiger partial charge in [0.1, 0.15) is 16.5 Å². The van der Waals surface area contributed by atoms with Crippen molar-refractivity contribution in [1.29, 1.82) is 0 Å². The molecule has 146 valence electrons. The molecule has 0 heterocycles. The van der Waals surface area contributed by atoms with Gasteiger partial charge in [0.25, 0.3) is 0 Å². The van der Waals surface area contributed by atoms with Gasteiger partial charge in [-0.05, 0) is 30.3 Å². The summed E-state index contributed by atoms with van der Waals surface area (Å²) in [5, 5.41) is 2.96. The molecule has 1 amide bonds. The number of ether oxygens (including phenoxy) is 1. The summed E-state index contributed by atoms with van der Waals surface area (Å²) in [6, 6.07) is 5.76. The molecule has 0 aliphatic heterocycles. The molecule has 2 aromatic carbocycles. The Morgan fingerprint density at radius 3 is 2.41 bits per heavy atom. The molecular weight excluding hydrogens is 442 g/mol. The number of carbonyl (C=O) groups excluding carboxylic acids is 1. The number of nitrogens with zero attached hydrogens (tertiary/aromatic N) is 1. The highest BCUT2D eigenvalue weighted by Crippen LogP contribution is 2.32. The summed E-state index contributed by atoms with van der Waals surface area (Å²) in [6.45, 7) is -0.557. The first-order valence-electron chi connectivity index (χ1n) is 7.30. The fraction of sp³-hybridized carbons (Fsp3) is 0.188. The van der Waals surface area contributed by atoms with Crippen LogP contribution in [0.15, 0.2) is 35.2 Å². The Morgan fingerprint density at radius 2 is 1.78 bits per heavy atom. The molecule has 0 saturated heterocycles. The number of likely N-dealkylation sites (N-methyl/N-ethyl adjacent to an activating group) is 1. The molecule has 0 fully saturated rings. The minimum absolute atomic E-state index is 0.0452. The van der Waals surface area contributed by atoms with Gasteiger partial charge in [-0.2, -0.15) is 4.31 Å². The third kappa shape index (κ3) is 5.03. The van der Waals surface area contributed by atoms with Crippen LogP contribution in [0.4, 0.5) is 10.1 Å². The zero-order chi connectivity index (χ0) is 20.4. The number of halogens is 4. The SMILES string of the molecule is COc1ccc(F)cc1S(=O)(=O)N(C)CC(=O)Nc1cc(Cl)c(Cl)cc1Cl. The van der Waals surface area contributed by atoms with Gasteiger partial charge in [0, 0.05) is 7.05 Å². The summed E-state index contributed by atoms with van der Waals surface area (Å²) < 4.78 is 44.5. The first-order valence-corrected chi connectivity index (χ1v) is 9.88. The summed E-state index contributed by atoms with van der Waals surface area (Å²) in [6.07, 6.45) is 0. The standard InChI is InChI=1S/C16H14Cl3FN2O4S/c1-22(27(24,25)15-5-9(20)3-4-14(15)26-2)8-16(23)21-13-7-11(18)10(17)6-12(13)19/h3-7H,8H2,1-2H3,(H,21,23). The number of amides is 1. The van der Waals surface area contributed by atoms with Gasteiger partial charge >= 0.3 is 0 Å². The van der Waals surface area contributed by atoms with Crippen LogP contribution in [0.5, 0.6) is 5.75 Å². The van der Waals surface area contributed by atoms with Crippen molar-refractivity contribution in [3.05, 3.63) is 51.2 Å². The van der Waals surface area contributed by atoms with Crippen LogP contribution in [-0.2, 0) is 14.8 Å². The second kappa shape index (κ2) is 8.62. The van der Waals surface area contributed by atoms with E-state index in [9.17, 15) is 17.6 Å². The van der Waals surface area contributed by atoms with Crippen molar-refractivity contribution in [2.24, 2.45) is 0 Å². The molecule has 27 heavy (non-hydrogen) atoms. The Kier molecular flexibility index (Phi) is 6.93. The maximum absolute atomic E-state index is 13.5. The molecule has 0 saturated carbocycles. The predicted octanol–water partition coefficient (Wildman–Crippen LogP) is 4.05. The molecule has 0 aliphatic rings. The summed E-state index contributed by atoms with van der Waals surface area (Å²) in [4.78, 5) is 11.8. The quantitative estimate of drug-likeness (QED) is 0.667. The highest BCUT2D eigenvalue weighted by Gasteiger charge is 2.27. The lowest BCUT2D eigenvalue weighted by Gasteiger charge is -2.19. The highest BCUT2D eigenvalue weighted by atomic mass is 35.5. The van der Waals surface area contributed by atoms with Crippen molar-refractivity contribution >= 4 is 56.4 Å². The van der Waals surface area contributed by atoms with E-state index in [1.54, 1.807) is 0 Å². The highest BCUT2D eigenvalue weighted by molar-refractivity contribution is 7.89. The average molecular weight is 456 g/mol. The second-order valence-electron chi connectivity index (χ2n) is 5.35. The molecule has 0 atom stereocenters. The number of sulfonamides is 1. The number of carbonyl (C=O) groups is 1. The van der Waals surface area contributed by atoms with Crippen LogP contribution in [0, 0.1) is 5.82 Å². The molecule has 0 aromatic heterocycles. The van der Waals surface area contributed by atoms with Gasteiger partial charge in [-0.25, -0.2) is 12.8 Å². The van der Waals surface area contributed by atoms with Crippen LogP contribution in [0.2, 0.25) is 15.1 Å². The fourth-order valence-electron chi connectivity index (χ4n) is 2.12. The molecule has 1 N–H and O–H groups in total. The minimum atomic E-state index is -4.19. The number of methoxy groups -OCH3 is 1. The van der Waals surface area contributed by atoms with Crippen molar-refractivity contribution in [3.8, 4) is 5.75 Å². The van der Waals surface area contributed by atoms with Crippen LogP contribution in [0.3, 0.4) is 0 Å². The number of benzene rings is 2. The zero-order valence-corrected chi connectivity index (χ0v) is 17.2. The fourth-order valence-corrected chi connectivity index (χ4v) is 4.00. The lowest BCUT2D eigenvalue weighted by molar-refractivity contribution is -0.116. The Bertz CT molecular complexity index is 986. The summed E-state index contributed by atoms with van der Waals surface area (Å²) >= 11 is 17.7. The Balaban J connectivity index is 2.21. The second-order valence-corrected chi connectivity index (χ2v) is 8.59. The smallest absolute Gasteiger partial charge is 0.247 e. The van der Waals surface area contributed by atoms with Crippen LogP contribution in [0.1, 0.15) is 0 Å². The summed E-state index contributed by atoms with van der Waals surface area (Å²) in [5.74, 6) is -1.48. The number of hydrogen-bond acceptors (Lipinski definition) is 4. The van der Waals surface area contributed by atoms with Crippen LogP contribution < -0.4 is 10.1 Å². The molecule has 6 nitrogen and oxygen atoms in total. The molecule has 0 unspecified atom stereocenters. The predicted molar refractivity (Wildman–Crippen MR) is 103 cm³/mol. The minimum Gasteiger partial charge on any atom is -0.495 e. The molecule has 0 spiro atoms. The van der Waals surface area contributed by atoms with Gasteiger partial charge < -0.3 is 10.1 Å². The zero-order valence-electron chi connectivity index (χ0n) is 14.1. The maximum Gasteiger partial charge on any atom is 0.247 e. The van der Waals surface area contributed by atoms with Crippen LogP contribution in [-0.4, -0.2) is 39.3 Å². The summed E-state index contributed by atoms with van der Waals surface area (Å²) in [5.41, 5.74) is 0.171. The van der Waals surface area contributed by atoms with Crippen LogP contribution >= 0.6 is 34.8 Å². The van der Waals surface area contributed by atoms with E-state index in [0.717, 1.165) is 16.4 Å². The normalized spacial score (nSPS) is 11.5. The number of hydrogen-bond donors (Lipinski definition) is 1. The van der Waals surface area contributed by atoms with Crippen molar-refractivity contribution in [2.75, 3.05) is 26.0 Å². The molecule has 11 heteroatoms. The Morgan fingerprint density at radius 1 is 1.15 bits per heavy atom. The molecule has 0 aliphatic carbocycles. The number of nitrogens with one attached hydrogen (secondary N) is 1. The van der Waals surface area contributed by atoms with E-state index in [4.69, 9.17) is 39.5 Å². The van der Waals surface area contributed by atoms with Gasteiger partial charge in [-0.15, -0.1) is 0 Å². The van der Waals surface area contributed by atoms with Gasteiger partial charge in [-0.1, -0.05) is 34.8 Å². The van der Waals surface area contributed by atoms with E-state index in [2.05, 4.69) is 5.32 Å². The van der Waals surface area contributed by atoms with E-state index >= 15 is 0 Å². The van der Waals surface area contributed by atoms with Crippen molar-refractivity contribution in [3.63, 3.8) is 0 Å². The van der Waals surface area contributed by atoms with Crippen molar-refractivity contribution < 1.29 is 22.3 Å². The van der Waals surface area contributed by atoms with E-state index in [0.29, 0.717) is 0 Å². The van der Waals surface area contributed by atoms with E-state index in [1.807, 2.05) is 0 Å². The van der Waals surface area contributed by atoms with Gasteiger partial charge in [0.05, 0.1) is 34.4 Å². The van der Waals surface area contributed by atoms with E-state index in [-0.39, 0.29) is 26.5 Å². The topological polar surface area (TPSA) is 75.7 Å². The third-order valence-electron chi connectivity index (χ3n) is 3.46. The first kappa shape index (κ1) is 21.7. The van der Waals surface area contributed by atoms with Gasteiger partial charge in [0.15, 0.2) is 0 Å². The van der Waals surface area contributed by atoms with Crippen molar-refractivity contribution in [1.82, 2.24) is 4.31 Å². The largest absolute Gasteiger partial charge is 0.495 e. The molecule has 2 rings (SSSR count). The average Bonchev–Trinajstić information content (AvgIpc) is 2.59. The summed E-state index contributed by atoms with van der Waals surface area (Å²) in [7, 11) is -1.76. The van der Waals surface area contributed by atoms with E-state index < -0.39 is 33.2 Å². The van der Waals surface area contributed by atoms with Gasteiger partial charge in [-0.3, -0.25) is 4.79 Å². The lowest BCUT2D eigenvalue weighted by atomic mass is 10.3.